The van der Waals surface area contributed by atoms with Crippen LogP contribution in [0.15, 0.2) is 36.4 Å². The van der Waals surface area contributed by atoms with Gasteiger partial charge in [-0.3, -0.25) is 0 Å². The van der Waals surface area contributed by atoms with Gasteiger partial charge in [0.2, 0.25) is 0 Å². The van der Waals surface area contributed by atoms with E-state index in [0.717, 1.165) is 21.6 Å². The zero-order valence-electron chi connectivity index (χ0n) is 9.26. The molecule has 0 spiro atoms. The summed E-state index contributed by atoms with van der Waals surface area (Å²) < 4.78 is 13.7. The summed E-state index contributed by atoms with van der Waals surface area (Å²) in [6.45, 7) is 9.83. The van der Waals surface area contributed by atoms with Crippen molar-refractivity contribution in [2.24, 2.45) is 0 Å². The molecule has 0 heterocycles. The lowest BCUT2D eigenvalue weighted by molar-refractivity contribution is 0.631. The second-order valence-electron chi connectivity index (χ2n) is 3.92. The Labute approximate surface area is 95.9 Å². The molecule has 1 heteroatoms. The molecular formula is C15H15F. The minimum absolute atomic E-state index is 0. The summed E-state index contributed by atoms with van der Waals surface area (Å²) in [4.78, 5) is 0. The molecule has 0 aliphatic carbocycles. The van der Waals surface area contributed by atoms with Crippen LogP contribution in [0, 0.1) is 12.7 Å². The predicted molar refractivity (Wildman–Crippen MR) is 69.0 cm³/mol. The van der Waals surface area contributed by atoms with Crippen LogP contribution in [0.3, 0.4) is 0 Å². The van der Waals surface area contributed by atoms with Crippen molar-refractivity contribution in [3.8, 4) is 11.1 Å². The van der Waals surface area contributed by atoms with Gasteiger partial charge in [-0.15, -0.1) is 0 Å². The highest BCUT2D eigenvalue weighted by atomic mass is 19.1. The zero-order valence-corrected chi connectivity index (χ0v) is 9.26. The van der Waals surface area contributed by atoms with Gasteiger partial charge < -0.3 is 0 Å². The Bertz CT molecular complexity index is 632. The molecule has 16 heavy (non-hydrogen) atoms. The summed E-state index contributed by atoms with van der Waals surface area (Å²) in [5.74, 6) is -0.225. The fourth-order valence-corrected chi connectivity index (χ4v) is 1.81. The van der Waals surface area contributed by atoms with Crippen molar-refractivity contribution in [1.82, 2.24) is 0 Å². The SMILES string of the molecule is C=c1cc(C)c(=C)c(-c2ccccc2F)c1.[HH]. The molecule has 0 aliphatic heterocycles. The minimum atomic E-state index is -0.225. The number of benzene rings is 2. The molecule has 0 fully saturated rings. The van der Waals surface area contributed by atoms with E-state index >= 15 is 0 Å². The van der Waals surface area contributed by atoms with E-state index < -0.39 is 0 Å². The van der Waals surface area contributed by atoms with Gasteiger partial charge in [0.15, 0.2) is 0 Å². The first kappa shape index (κ1) is 10.6. The largest absolute Gasteiger partial charge is 0.206 e. The Hall–Kier alpha value is -1.89. The van der Waals surface area contributed by atoms with Crippen molar-refractivity contribution < 1.29 is 5.82 Å². The average molecular weight is 214 g/mol. The molecule has 0 amide bonds. The molecule has 82 valence electrons. The molecule has 0 aliphatic rings. The molecule has 0 nitrogen and oxygen atoms in total. The highest BCUT2D eigenvalue weighted by Gasteiger charge is 2.05. The molecule has 0 atom stereocenters. The van der Waals surface area contributed by atoms with E-state index in [1.165, 1.54) is 6.07 Å². The predicted octanol–water partition coefficient (Wildman–Crippen LogP) is 2.87. The second kappa shape index (κ2) is 3.93. The standard InChI is InChI=1S/C15H13F.H2/c1-10-8-11(2)12(3)14(9-10)13-6-4-5-7-15(13)16;/h4-9H,1,3H2,2H3;1H. The molecular weight excluding hydrogens is 199 g/mol. The van der Waals surface area contributed by atoms with E-state index in [9.17, 15) is 4.39 Å². The number of hydrogen-bond donors (Lipinski definition) is 0. The molecule has 0 saturated heterocycles. The van der Waals surface area contributed by atoms with Crippen LogP contribution < -0.4 is 10.4 Å². The average Bonchev–Trinajstić information content (AvgIpc) is 2.24. The third kappa shape index (κ3) is 1.76. The maximum atomic E-state index is 13.7. The van der Waals surface area contributed by atoms with Gasteiger partial charge in [0.05, 0.1) is 0 Å². The van der Waals surface area contributed by atoms with Crippen LogP contribution >= 0.6 is 0 Å². The zero-order chi connectivity index (χ0) is 11.7. The Morgan fingerprint density at radius 2 is 1.75 bits per heavy atom. The lowest BCUT2D eigenvalue weighted by Gasteiger charge is -2.06. The van der Waals surface area contributed by atoms with Gasteiger partial charge in [-0.05, 0) is 40.6 Å². The molecule has 0 bridgehead atoms. The number of aryl methyl sites for hydroxylation is 1. The first-order valence-corrected chi connectivity index (χ1v) is 5.13. The molecule has 2 aromatic carbocycles. The molecule has 0 N–H and O–H groups in total. The molecule has 0 unspecified atom stereocenters. The molecule has 0 saturated carbocycles. The van der Waals surface area contributed by atoms with Crippen LogP contribution in [0.2, 0.25) is 0 Å². The van der Waals surface area contributed by atoms with Crippen LogP contribution in [-0.4, -0.2) is 0 Å². The molecule has 0 aromatic heterocycles. The van der Waals surface area contributed by atoms with E-state index in [1.54, 1.807) is 12.1 Å². The van der Waals surface area contributed by atoms with Gasteiger partial charge in [0.1, 0.15) is 5.82 Å². The maximum absolute atomic E-state index is 13.7. The van der Waals surface area contributed by atoms with Gasteiger partial charge in [-0.1, -0.05) is 37.4 Å². The summed E-state index contributed by atoms with van der Waals surface area (Å²) in [5.41, 5.74) is 2.44. The Balaban J connectivity index is 0.00000144. The van der Waals surface area contributed by atoms with Gasteiger partial charge in [0, 0.05) is 6.99 Å². The monoisotopic (exact) mass is 214 g/mol. The molecule has 0 radical (unpaired) electrons. The smallest absolute Gasteiger partial charge is 0.131 e. The summed E-state index contributed by atoms with van der Waals surface area (Å²) in [5, 5.41) is 1.74. The van der Waals surface area contributed by atoms with E-state index in [2.05, 4.69) is 13.2 Å². The van der Waals surface area contributed by atoms with Crippen molar-refractivity contribution in [3.63, 3.8) is 0 Å². The molecule has 2 aromatic rings. The lowest BCUT2D eigenvalue weighted by Crippen LogP contribution is -2.14. The third-order valence-corrected chi connectivity index (χ3v) is 2.70. The maximum Gasteiger partial charge on any atom is 0.131 e. The second-order valence-corrected chi connectivity index (χ2v) is 3.92. The van der Waals surface area contributed by atoms with E-state index in [0.29, 0.717) is 5.56 Å². The van der Waals surface area contributed by atoms with Crippen LogP contribution in [0.1, 0.15) is 6.99 Å². The van der Waals surface area contributed by atoms with Gasteiger partial charge in [0.25, 0.3) is 0 Å². The summed E-state index contributed by atoms with van der Waals surface area (Å²) >= 11 is 0. The van der Waals surface area contributed by atoms with Crippen molar-refractivity contribution in [1.29, 1.82) is 0 Å². The van der Waals surface area contributed by atoms with E-state index in [1.807, 2.05) is 25.1 Å². The first-order valence-electron chi connectivity index (χ1n) is 5.13. The van der Waals surface area contributed by atoms with E-state index in [4.69, 9.17) is 0 Å². The van der Waals surface area contributed by atoms with Crippen molar-refractivity contribution >= 4 is 13.2 Å². The minimum Gasteiger partial charge on any atom is -0.206 e. The Morgan fingerprint density at radius 1 is 1.06 bits per heavy atom. The van der Waals surface area contributed by atoms with Gasteiger partial charge in [-0.25, -0.2) is 4.39 Å². The Kier molecular flexibility index (Phi) is 2.61. The lowest BCUT2D eigenvalue weighted by atomic mass is 9.99. The summed E-state index contributed by atoms with van der Waals surface area (Å²) in [7, 11) is 0. The Morgan fingerprint density at radius 3 is 2.44 bits per heavy atom. The van der Waals surface area contributed by atoms with E-state index in [-0.39, 0.29) is 7.24 Å². The number of halogens is 1. The van der Waals surface area contributed by atoms with Crippen molar-refractivity contribution in [2.45, 2.75) is 6.92 Å². The van der Waals surface area contributed by atoms with Crippen LogP contribution in [-0.2, 0) is 0 Å². The quantitative estimate of drug-likeness (QED) is 0.684. The third-order valence-electron chi connectivity index (χ3n) is 2.70. The van der Waals surface area contributed by atoms with Gasteiger partial charge in [-0.2, -0.15) is 0 Å². The van der Waals surface area contributed by atoms with Crippen LogP contribution in [0.5, 0.6) is 0 Å². The van der Waals surface area contributed by atoms with Crippen LogP contribution in [0.4, 0.5) is 4.39 Å². The van der Waals surface area contributed by atoms with Crippen molar-refractivity contribution in [2.75, 3.05) is 0 Å². The summed E-state index contributed by atoms with van der Waals surface area (Å²) in [6, 6.07) is 10.5. The summed E-state index contributed by atoms with van der Waals surface area (Å²) in [6.07, 6.45) is 0. The fraction of sp³-hybridized carbons (Fsp3) is 0.0667. The van der Waals surface area contributed by atoms with Crippen molar-refractivity contribution in [3.05, 3.63) is 58.2 Å². The molecule has 2 rings (SSSR count). The van der Waals surface area contributed by atoms with Gasteiger partial charge >= 0.3 is 0 Å². The normalized spacial score (nSPS) is 10.4. The first-order chi connectivity index (χ1) is 7.59. The fourth-order valence-electron chi connectivity index (χ4n) is 1.81. The van der Waals surface area contributed by atoms with Crippen LogP contribution in [0.25, 0.3) is 24.3 Å². The highest BCUT2D eigenvalue weighted by Crippen LogP contribution is 2.18. The topological polar surface area (TPSA) is 0 Å². The highest BCUT2D eigenvalue weighted by molar-refractivity contribution is 5.66. The number of rotatable bonds is 1. The number of hydrogen-bond acceptors (Lipinski definition) is 0.